The van der Waals surface area contributed by atoms with Crippen molar-refractivity contribution in [1.82, 2.24) is 4.37 Å². The number of hydrogen-bond acceptors (Lipinski definition) is 4. The van der Waals surface area contributed by atoms with Gasteiger partial charge in [-0.3, -0.25) is 0 Å². The van der Waals surface area contributed by atoms with Gasteiger partial charge in [0.15, 0.2) is 0 Å². The van der Waals surface area contributed by atoms with Crippen molar-refractivity contribution in [2.45, 2.75) is 0 Å². The van der Waals surface area contributed by atoms with Gasteiger partial charge in [0.25, 0.3) is 0 Å². The van der Waals surface area contributed by atoms with Crippen LogP contribution in [0.5, 0.6) is 5.75 Å². The van der Waals surface area contributed by atoms with Gasteiger partial charge in [0, 0.05) is 12.7 Å². The monoisotopic (exact) mass is 220 g/mol. The van der Waals surface area contributed by atoms with Gasteiger partial charge in [-0.05, 0) is 47.4 Å². The third-order valence-corrected chi connectivity index (χ3v) is 2.76. The van der Waals surface area contributed by atoms with Crippen LogP contribution in [0.25, 0.3) is 10.4 Å². The average Bonchev–Trinajstić information content (AvgIpc) is 2.80. The number of hydrogen-bond donors (Lipinski definition) is 1. The lowest BCUT2D eigenvalue weighted by Gasteiger charge is -2.04. The molecule has 0 aliphatic heterocycles. The molecule has 2 N–H and O–H groups in total. The first-order valence-corrected chi connectivity index (χ1v) is 5.51. The van der Waals surface area contributed by atoms with Crippen molar-refractivity contribution in [2.24, 2.45) is 5.73 Å². The second-order valence-electron chi connectivity index (χ2n) is 3.04. The number of benzene rings is 1. The third kappa shape index (κ3) is 2.55. The molecular weight excluding hydrogens is 208 g/mol. The predicted octanol–water partition coefficient (Wildman–Crippen LogP) is 2.15. The summed E-state index contributed by atoms with van der Waals surface area (Å²) >= 11 is 1.49. The SMILES string of the molecule is NCCOc1ccc(-c2ccns2)cc1. The fourth-order valence-electron chi connectivity index (χ4n) is 1.26. The van der Waals surface area contributed by atoms with E-state index in [1.54, 1.807) is 6.20 Å². The summed E-state index contributed by atoms with van der Waals surface area (Å²) in [4.78, 5) is 1.17. The topological polar surface area (TPSA) is 48.1 Å². The first kappa shape index (κ1) is 10.1. The molecule has 0 atom stereocenters. The summed E-state index contributed by atoms with van der Waals surface area (Å²) in [6.07, 6.45) is 1.80. The first-order chi connectivity index (χ1) is 7.40. The van der Waals surface area contributed by atoms with E-state index in [4.69, 9.17) is 10.5 Å². The van der Waals surface area contributed by atoms with Crippen LogP contribution in [0.1, 0.15) is 0 Å². The lowest BCUT2D eigenvalue weighted by molar-refractivity contribution is 0.328. The quantitative estimate of drug-likeness (QED) is 0.858. The summed E-state index contributed by atoms with van der Waals surface area (Å²) in [6.45, 7) is 1.09. The van der Waals surface area contributed by atoms with Crippen LogP contribution in [0.3, 0.4) is 0 Å². The molecule has 0 spiro atoms. The van der Waals surface area contributed by atoms with Crippen LogP contribution in [0.2, 0.25) is 0 Å². The van der Waals surface area contributed by atoms with Gasteiger partial charge in [0.05, 0.1) is 4.88 Å². The Morgan fingerprint density at radius 2 is 2.00 bits per heavy atom. The average molecular weight is 220 g/mol. The minimum absolute atomic E-state index is 0.538. The molecule has 1 aromatic carbocycles. The summed E-state index contributed by atoms with van der Waals surface area (Å²) < 4.78 is 9.45. The summed E-state index contributed by atoms with van der Waals surface area (Å²) in [5.41, 5.74) is 6.52. The molecule has 0 saturated heterocycles. The summed E-state index contributed by atoms with van der Waals surface area (Å²) in [5, 5.41) is 0. The van der Waals surface area contributed by atoms with Gasteiger partial charge in [-0.2, -0.15) is 0 Å². The molecule has 0 radical (unpaired) electrons. The van der Waals surface area contributed by atoms with Crippen LogP contribution in [-0.4, -0.2) is 17.5 Å². The highest BCUT2D eigenvalue weighted by Crippen LogP contribution is 2.24. The third-order valence-electron chi connectivity index (χ3n) is 1.96. The molecular formula is C11H12N2OS. The van der Waals surface area contributed by atoms with Crippen molar-refractivity contribution < 1.29 is 4.74 Å². The molecule has 4 heteroatoms. The van der Waals surface area contributed by atoms with Gasteiger partial charge in [-0.1, -0.05) is 0 Å². The van der Waals surface area contributed by atoms with Crippen LogP contribution in [0.4, 0.5) is 0 Å². The highest BCUT2D eigenvalue weighted by Gasteiger charge is 1.99. The predicted molar refractivity (Wildman–Crippen MR) is 62.1 cm³/mol. The standard InChI is InChI=1S/C11H12N2OS/c12-6-8-14-10-3-1-9(2-4-10)11-5-7-13-15-11/h1-5,7H,6,8,12H2. The number of ether oxygens (including phenoxy) is 1. The second kappa shape index (κ2) is 4.91. The van der Waals surface area contributed by atoms with E-state index in [1.807, 2.05) is 30.3 Å². The Hall–Kier alpha value is -1.39. The Morgan fingerprint density at radius 3 is 2.60 bits per heavy atom. The van der Waals surface area contributed by atoms with E-state index in [-0.39, 0.29) is 0 Å². The molecule has 78 valence electrons. The number of aromatic nitrogens is 1. The zero-order valence-corrected chi connectivity index (χ0v) is 9.04. The van der Waals surface area contributed by atoms with E-state index >= 15 is 0 Å². The minimum atomic E-state index is 0.538. The van der Waals surface area contributed by atoms with Crippen molar-refractivity contribution in [3.05, 3.63) is 36.5 Å². The Kier molecular flexibility index (Phi) is 3.32. The maximum absolute atomic E-state index is 5.39. The summed E-state index contributed by atoms with van der Waals surface area (Å²) in [6, 6.07) is 9.95. The fraction of sp³-hybridized carbons (Fsp3) is 0.182. The number of rotatable bonds is 4. The molecule has 1 heterocycles. The number of nitrogens with zero attached hydrogens (tertiary/aromatic N) is 1. The molecule has 2 aromatic rings. The normalized spacial score (nSPS) is 10.2. The molecule has 0 unspecified atom stereocenters. The van der Waals surface area contributed by atoms with Crippen molar-refractivity contribution in [3.8, 4) is 16.2 Å². The molecule has 3 nitrogen and oxygen atoms in total. The first-order valence-electron chi connectivity index (χ1n) is 4.74. The van der Waals surface area contributed by atoms with Gasteiger partial charge in [0.2, 0.25) is 0 Å². The van der Waals surface area contributed by atoms with Gasteiger partial charge in [-0.15, -0.1) is 0 Å². The smallest absolute Gasteiger partial charge is 0.119 e. The van der Waals surface area contributed by atoms with Crippen molar-refractivity contribution in [2.75, 3.05) is 13.2 Å². The van der Waals surface area contributed by atoms with E-state index < -0.39 is 0 Å². The second-order valence-corrected chi connectivity index (χ2v) is 3.87. The lowest BCUT2D eigenvalue weighted by Crippen LogP contribution is -2.10. The molecule has 0 fully saturated rings. The van der Waals surface area contributed by atoms with Crippen LogP contribution in [0.15, 0.2) is 36.5 Å². The zero-order valence-electron chi connectivity index (χ0n) is 8.22. The summed E-state index contributed by atoms with van der Waals surface area (Å²) in [5.74, 6) is 0.855. The minimum Gasteiger partial charge on any atom is -0.492 e. The van der Waals surface area contributed by atoms with Gasteiger partial charge < -0.3 is 10.5 Å². The van der Waals surface area contributed by atoms with Gasteiger partial charge in [0.1, 0.15) is 12.4 Å². The van der Waals surface area contributed by atoms with E-state index in [2.05, 4.69) is 4.37 Å². The molecule has 0 saturated carbocycles. The van der Waals surface area contributed by atoms with E-state index in [1.165, 1.54) is 16.4 Å². The largest absolute Gasteiger partial charge is 0.492 e. The Morgan fingerprint density at radius 1 is 1.20 bits per heavy atom. The van der Waals surface area contributed by atoms with Crippen LogP contribution in [0, 0.1) is 0 Å². The highest BCUT2D eigenvalue weighted by molar-refractivity contribution is 7.09. The van der Waals surface area contributed by atoms with Crippen molar-refractivity contribution in [1.29, 1.82) is 0 Å². The van der Waals surface area contributed by atoms with Gasteiger partial charge >= 0.3 is 0 Å². The van der Waals surface area contributed by atoms with Crippen LogP contribution in [-0.2, 0) is 0 Å². The molecule has 0 amide bonds. The maximum atomic E-state index is 5.39. The highest BCUT2D eigenvalue weighted by atomic mass is 32.1. The van der Waals surface area contributed by atoms with Crippen LogP contribution < -0.4 is 10.5 Å². The zero-order chi connectivity index (χ0) is 10.5. The van der Waals surface area contributed by atoms with Crippen molar-refractivity contribution in [3.63, 3.8) is 0 Å². The molecule has 0 bridgehead atoms. The number of nitrogens with two attached hydrogens (primary N) is 1. The van der Waals surface area contributed by atoms with E-state index in [9.17, 15) is 0 Å². The lowest BCUT2D eigenvalue weighted by atomic mass is 10.2. The fourth-order valence-corrected chi connectivity index (χ4v) is 1.86. The molecule has 0 aliphatic rings. The molecule has 1 aromatic heterocycles. The Labute approximate surface area is 92.7 Å². The van der Waals surface area contributed by atoms with Gasteiger partial charge in [-0.25, -0.2) is 4.37 Å². The summed E-state index contributed by atoms with van der Waals surface area (Å²) in [7, 11) is 0. The van der Waals surface area contributed by atoms with Crippen molar-refractivity contribution >= 4 is 11.5 Å². The maximum Gasteiger partial charge on any atom is 0.119 e. The van der Waals surface area contributed by atoms with E-state index in [0.29, 0.717) is 13.2 Å². The molecule has 15 heavy (non-hydrogen) atoms. The Balaban J connectivity index is 2.11. The van der Waals surface area contributed by atoms with Crippen LogP contribution >= 0.6 is 11.5 Å². The van der Waals surface area contributed by atoms with E-state index in [0.717, 1.165) is 11.3 Å². The Bertz CT molecular complexity index is 397. The molecule has 0 aliphatic carbocycles. The molecule has 2 rings (SSSR count).